The summed E-state index contributed by atoms with van der Waals surface area (Å²) in [6, 6.07) is 0.599. The van der Waals surface area contributed by atoms with Crippen molar-refractivity contribution in [1.29, 1.82) is 0 Å². The Kier molecular flexibility index (Phi) is 4.22. The van der Waals surface area contributed by atoms with Crippen LogP contribution in [0.15, 0.2) is 0 Å². The third kappa shape index (κ3) is 2.76. The van der Waals surface area contributed by atoms with Gasteiger partial charge in [0.1, 0.15) is 0 Å². The largest absolute Gasteiger partial charge is 0.393 e. The molecule has 3 unspecified atom stereocenters. The zero-order chi connectivity index (χ0) is 11.5. The van der Waals surface area contributed by atoms with Gasteiger partial charge in [0.05, 0.1) is 12.2 Å². The van der Waals surface area contributed by atoms with Crippen LogP contribution < -0.4 is 0 Å². The number of aliphatic hydroxyl groups is 1. The molecule has 1 saturated carbocycles. The molecule has 1 saturated heterocycles. The molecule has 0 aromatic heterocycles. The molecule has 0 radical (unpaired) electrons. The summed E-state index contributed by atoms with van der Waals surface area (Å²) >= 11 is 0. The summed E-state index contributed by atoms with van der Waals surface area (Å²) in [6.07, 6.45) is 5.83. The van der Waals surface area contributed by atoms with Gasteiger partial charge in [0.25, 0.3) is 0 Å². The Balaban J connectivity index is 1.87. The second-order valence-electron chi connectivity index (χ2n) is 5.48. The van der Waals surface area contributed by atoms with Crippen LogP contribution in [0, 0.1) is 5.92 Å². The number of nitrogens with zero attached hydrogens (tertiary/aromatic N) is 1. The fraction of sp³-hybridized carbons (Fsp3) is 1.00. The molecule has 1 heterocycles. The Morgan fingerprint density at radius 3 is 2.44 bits per heavy atom. The lowest BCUT2D eigenvalue weighted by atomic mass is 9.82. The minimum absolute atomic E-state index is 0.0682. The maximum absolute atomic E-state index is 9.77. The third-order valence-electron chi connectivity index (χ3n) is 4.40. The molecule has 1 aliphatic carbocycles. The van der Waals surface area contributed by atoms with Crippen LogP contribution in [-0.4, -0.2) is 48.5 Å². The van der Waals surface area contributed by atoms with Gasteiger partial charge in [-0.1, -0.05) is 6.92 Å². The molecule has 1 N–H and O–H groups in total. The quantitative estimate of drug-likeness (QED) is 0.778. The molecule has 0 bridgehead atoms. The summed E-state index contributed by atoms with van der Waals surface area (Å²) in [7, 11) is 1.81. The maximum atomic E-state index is 9.77. The Labute approximate surface area is 98.8 Å². The monoisotopic (exact) mass is 227 g/mol. The first kappa shape index (κ1) is 12.3. The van der Waals surface area contributed by atoms with Gasteiger partial charge in [0.15, 0.2) is 0 Å². The highest BCUT2D eigenvalue weighted by molar-refractivity contribution is 4.87. The number of aliphatic hydroxyl groups excluding tert-OH is 1. The van der Waals surface area contributed by atoms with Crippen molar-refractivity contribution in [1.82, 2.24) is 4.90 Å². The zero-order valence-corrected chi connectivity index (χ0v) is 10.6. The van der Waals surface area contributed by atoms with Gasteiger partial charge in [-0.3, -0.25) is 4.90 Å². The molecule has 3 heteroatoms. The Hall–Kier alpha value is -0.120. The number of methoxy groups -OCH3 is 1. The van der Waals surface area contributed by atoms with Crippen molar-refractivity contribution in [3.8, 4) is 0 Å². The van der Waals surface area contributed by atoms with Crippen molar-refractivity contribution >= 4 is 0 Å². The molecule has 1 aliphatic heterocycles. The van der Waals surface area contributed by atoms with Crippen molar-refractivity contribution < 1.29 is 9.84 Å². The smallest absolute Gasteiger partial charge is 0.0595 e. The minimum Gasteiger partial charge on any atom is -0.393 e. The Bertz CT molecular complexity index is 214. The van der Waals surface area contributed by atoms with Gasteiger partial charge in [0, 0.05) is 26.2 Å². The first-order valence-corrected chi connectivity index (χ1v) is 6.65. The third-order valence-corrected chi connectivity index (χ3v) is 4.40. The van der Waals surface area contributed by atoms with E-state index in [1.54, 1.807) is 0 Å². The van der Waals surface area contributed by atoms with Gasteiger partial charge in [-0.25, -0.2) is 0 Å². The Morgan fingerprint density at radius 1 is 1.12 bits per heavy atom. The average molecular weight is 227 g/mol. The second-order valence-corrected chi connectivity index (χ2v) is 5.48. The summed E-state index contributed by atoms with van der Waals surface area (Å²) in [5.41, 5.74) is 0. The molecular weight excluding hydrogens is 202 g/mol. The highest BCUT2D eigenvalue weighted by atomic mass is 16.5. The van der Waals surface area contributed by atoms with Gasteiger partial charge in [0.2, 0.25) is 0 Å². The van der Waals surface area contributed by atoms with Gasteiger partial charge >= 0.3 is 0 Å². The van der Waals surface area contributed by atoms with Gasteiger partial charge < -0.3 is 9.84 Å². The molecule has 0 aromatic carbocycles. The summed E-state index contributed by atoms with van der Waals surface area (Å²) in [4.78, 5) is 2.57. The lowest BCUT2D eigenvalue weighted by Crippen LogP contribution is -2.49. The van der Waals surface area contributed by atoms with Crippen LogP contribution in [0.3, 0.4) is 0 Å². The molecule has 2 aliphatic rings. The molecule has 0 aromatic rings. The fourth-order valence-electron chi connectivity index (χ4n) is 3.23. The van der Waals surface area contributed by atoms with E-state index < -0.39 is 0 Å². The predicted octanol–water partition coefficient (Wildman–Crippen LogP) is 1.65. The van der Waals surface area contributed by atoms with Crippen molar-refractivity contribution in [2.45, 2.75) is 57.3 Å². The van der Waals surface area contributed by atoms with Crippen molar-refractivity contribution in [2.75, 3.05) is 20.2 Å². The van der Waals surface area contributed by atoms with Gasteiger partial charge in [-0.2, -0.15) is 0 Å². The SMILES string of the molecule is COC1CCN(C2CC(O)CCC2C)CC1. The van der Waals surface area contributed by atoms with E-state index in [2.05, 4.69) is 11.8 Å². The van der Waals surface area contributed by atoms with E-state index in [0.717, 1.165) is 44.7 Å². The zero-order valence-electron chi connectivity index (χ0n) is 10.6. The lowest BCUT2D eigenvalue weighted by molar-refractivity contribution is -0.0123. The molecule has 0 amide bonds. The van der Waals surface area contributed by atoms with Crippen molar-refractivity contribution in [3.63, 3.8) is 0 Å². The number of hydrogen-bond acceptors (Lipinski definition) is 3. The summed E-state index contributed by atoms with van der Waals surface area (Å²) in [6.45, 7) is 4.61. The van der Waals surface area contributed by atoms with Crippen LogP contribution in [0.25, 0.3) is 0 Å². The van der Waals surface area contributed by atoms with Crippen molar-refractivity contribution in [2.24, 2.45) is 5.92 Å². The van der Waals surface area contributed by atoms with E-state index >= 15 is 0 Å². The molecule has 0 spiro atoms. The molecule has 3 atom stereocenters. The number of hydrogen-bond donors (Lipinski definition) is 1. The molecule has 16 heavy (non-hydrogen) atoms. The molecule has 94 valence electrons. The number of likely N-dealkylation sites (tertiary alicyclic amines) is 1. The molecular formula is C13H25NO2. The number of ether oxygens (including phenoxy) is 1. The van der Waals surface area contributed by atoms with Gasteiger partial charge in [-0.15, -0.1) is 0 Å². The highest BCUT2D eigenvalue weighted by Crippen LogP contribution is 2.30. The first-order chi connectivity index (χ1) is 7.70. The van der Waals surface area contributed by atoms with Crippen LogP contribution in [-0.2, 0) is 4.74 Å². The fourth-order valence-corrected chi connectivity index (χ4v) is 3.23. The summed E-state index contributed by atoms with van der Waals surface area (Å²) in [5.74, 6) is 0.738. The molecule has 2 fully saturated rings. The molecule has 2 rings (SSSR count). The van der Waals surface area contributed by atoms with E-state index in [9.17, 15) is 5.11 Å². The number of piperidine rings is 1. The average Bonchev–Trinajstić information content (AvgIpc) is 2.32. The van der Waals surface area contributed by atoms with E-state index in [4.69, 9.17) is 4.74 Å². The summed E-state index contributed by atoms with van der Waals surface area (Å²) in [5, 5.41) is 9.77. The van der Waals surface area contributed by atoms with E-state index in [1.807, 2.05) is 7.11 Å². The van der Waals surface area contributed by atoms with Crippen LogP contribution in [0.1, 0.15) is 39.0 Å². The minimum atomic E-state index is -0.0682. The Morgan fingerprint density at radius 2 is 1.81 bits per heavy atom. The van der Waals surface area contributed by atoms with Gasteiger partial charge in [-0.05, 0) is 38.0 Å². The van der Waals surface area contributed by atoms with Crippen molar-refractivity contribution in [3.05, 3.63) is 0 Å². The number of rotatable bonds is 2. The second kappa shape index (κ2) is 5.48. The van der Waals surface area contributed by atoms with E-state index in [0.29, 0.717) is 12.1 Å². The van der Waals surface area contributed by atoms with Crippen LogP contribution in [0.5, 0.6) is 0 Å². The van der Waals surface area contributed by atoms with Crippen LogP contribution in [0.2, 0.25) is 0 Å². The van der Waals surface area contributed by atoms with E-state index in [-0.39, 0.29) is 6.10 Å². The van der Waals surface area contributed by atoms with Crippen LogP contribution >= 0.6 is 0 Å². The first-order valence-electron chi connectivity index (χ1n) is 6.65. The highest BCUT2D eigenvalue weighted by Gasteiger charge is 2.33. The lowest BCUT2D eigenvalue weighted by Gasteiger charge is -2.43. The van der Waals surface area contributed by atoms with Crippen LogP contribution in [0.4, 0.5) is 0 Å². The summed E-state index contributed by atoms with van der Waals surface area (Å²) < 4.78 is 5.40. The standard InChI is InChI=1S/C13H25NO2/c1-10-3-4-11(15)9-13(10)14-7-5-12(16-2)6-8-14/h10-13,15H,3-9H2,1-2H3. The molecule has 3 nitrogen and oxygen atoms in total. The van der Waals surface area contributed by atoms with E-state index in [1.165, 1.54) is 6.42 Å². The predicted molar refractivity (Wildman–Crippen MR) is 64.4 cm³/mol. The normalized spacial score (nSPS) is 38.8. The maximum Gasteiger partial charge on any atom is 0.0595 e. The topological polar surface area (TPSA) is 32.7 Å².